The normalized spacial score (nSPS) is 14.1. The maximum atomic E-state index is 8.71. The third kappa shape index (κ3) is 2.30. The molecular weight excluding hydrogens is 184 g/mol. The number of benzene rings is 1. The minimum absolute atomic E-state index is 0.726. The van der Waals surface area contributed by atoms with Gasteiger partial charge in [0, 0.05) is 7.05 Å². The van der Waals surface area contributed by atoms with E-state index in [9.17, 15) is 0 Å². The molecule has 1 aromatic carbocycles. The second kappa shape index (κ2) is 4.35. The van der Waals surface area contributed by atoms with E-state index in [1.165, 1.54) is 42.4 Å². The van der Waals surface area contributed by atoms with Crippen LogP contribution in [0.2, 0.25) is 0 Å². The van der Waals surface area contributed by atoms with Crippen molar-refractivity contribution in [2.24, 2.45) is 0 Å². The molecule has 0 fully saturated rings. The lowest BCUT2D eigenvalue weighted by molar-refractivity contribution is 0.469. The fourth-order valence-corrected chi connectivity index (χ4v) is 2.19. The van der Waals surface area contributed by atoms with Crippen molar-refractivity contribution in [3.05, 3.63) is 34.9 Å². The summed E-state index contributed by atoms with van der Waals surface area (Å²) in [5, 5.41) is 8.71. The van der Waals surface area contributed by atoms with Crippen LogP contribution in [-0.2, 0) is 19.4 Å². The fourth-order valence-electron chi connectivity index (χ4n) is 2.19. The van der Waals surface area contributed by atoms with E-state index in [2.05, 4.69) is 24.4 Å². The van der Waals surface area contributed by atoms with E-state index >= 15 is 0 Å². The van der Waals surface area contributed by atoms with E-state index in [0.717, 1.165) is 6.54 Å². The average Bonchev–Trinajstić information content (AvgIpc) is 2.29. The van der Waals surface area contributed by atoms with Gasteiger partial charge in [-0.1, -0.05) is 18.2 Å². The Labute approximate surface area is 91.1 Å². The van der Waals surface area contributed by atoms with Gasteiger partial charge < -0.3 is 4.90 Å². The highest BCUT2D eigenvalue weighted by molar-refractivity contribution is 5.33. The van der Waals surface area contributed by atoms with Crippen LogP contribution < -0.4 is 0 Å². The van der Waals surface area contributed by atoms with Crippen LogP contribution in [0.25, 0.3) is 0 Å². The predicted molar refractivity (Wildman–Crippen MR) is 60.2 cm³/mol. The summed E-state index contributed by atoms with van der Waals surface area (Å²) in [6, 6.07) is 6.65. The van der Waals surface area contributed by atoms with Crippen LogP contribution >= 0.6 is 0 Å². The van der Waals surface area contributed by atoms with Crippen molar-refractivity contribution in [1.29, 1.82) is 5.26 Å². The summed E-state index contributed by atoms with van der Waals surface area (Å²) in [5.74, 6) is 0. The molecule has 0 radical (unpaired) electrons. The molecule has 78 valence electrons. The van der Waals surface area contributed by atoms with Crippen molar-refractivity contribution in [3.8, 4) is 6.19 Å². The van der Waals surface area contributed by atoms with E-state index in [1.54, 1.807) is 4.90 Å². The van der Waals surface area contributed by atoms with Crippen LogP contribution in [0.5, 0.6) is 0 Å². The molecule has 0 aliphatic heterocycles. The first-order chi connectivity index (χ1) is 7.29. The maximum absolute atomic E-state index is 8.71. The van der Waals surface area contributed by atoms with E-state index in [4.69, 9.17) is 5.26 Å². The highest BCUT2D eigenvalue weighted by Gasteiger charge is 2.09. The summed E-state index contributed by atoms with van der Waals surface area (Å²) in [4.78, 5) is 1.66. The Morgan fingerprint density at radius 2 is 2.00 bits per heavy atom. The van der Waals surface area contributed by atoms with Crippen LogP contribution in [-0.4, -0.2) is 11.9 Å². The number of aryl methyl sites for hydroxylation is 2. The Morgan fingerprint density at radius 3 is 2.73 bits per heavy atom. The molecule has 1 aliphatic rings. The van der Waals surface area contributed by atoms with Crippen LogP contribution in [0.15, 0.2) is 18.2 Å². The van der Waals surface area contributed by atoms with Gasteiger partial charge in [-0.05, 0) is 42.4 Å². The molecule has 0 saturated carbocycles. The van der Waals surface area contributed by atoms with Crippen LogP contribution in [0.3, 0.4) is 0 Å². The highest BCUT2D eigenvalue weighted by atomic mass is 15.1. The Kier molecular flexibility index (Phi) is 2.91. The summed E-state index contributed by atoms with van der Waals surface area (Å²) in [7, 11) is 1.82. The molecule has 2 rings (SSSR count). The van der Waals surface area contributed by atoms with Gasteiger partial charge in [-0.15, -0.1) is 0 Å². The van der Waals surface area contributed by atoms with Crippen LogP contribution in [0, 0.1) is 11.5 Å². The molecule has 0 spiro atoms. The molecule has 15 heavy (non-hydrogen) atoms. The van der Waals surface area contributed by atoms with Gasteiger partial charge in [0.05, 0.1) is 6.54 Å². The second-order valence-electron chi connectivity index (χ2n) is 4.27. The van der Waals surface area contributed by atoms with Crippen molar-refractivity contribution < 1.29 is 0 Å². The zero-order chi connectivity index (χ0) is 10.7. The van der Waals surface area contributed by atoms with Gasteiger partial charge in [0.15, 0.2) is 6.19 Å². The standard InChI is InChI=1S/C13H16N2/c1-15(10-14)9-11-6-7-12-4-2-3-5-13(12)8-11/h6-8H,2-5,9H2,1H3. The Hall–Kier alpha value is -1.49. The van der Waals surface area contributed by atoms with Crippen LogP contribution in [0.1, 0.15) is 29.5 Å². The Balaban J connectivity index is 2.18. The summed E-state index contributed by atoms with van der Waals surface area (Å²) in [5.41, 5.74) is 4.24. The molecule has 0 N–H and O–H groups in total. The number of nitriles is 1. The van der Waals surface area contributed by atoms with E-state index in [0.29, 0.717) is 0 Å². The molecule has 2 heteroatoms. The van der Waals surface area contributed by atoms with E-state index < -0.39 is 0 Å². The number of nitrogens with zero attached hydrogens (tertiary/aromatic N) is 2. The molecule has 0 atom stereocenters. The molecule has 0 bridgehead atoms. The minimum atomic E-state index is 0.726. The summed E-state index contributed by atoms with van der Waals surface area (Å²) in [6.45, 7) is 0.726. The van der Waals surface area contributed by atoms with Gasteiger partial charge in [-0.3, -0.25) is 0 Å². The Morgan fingerprint density at radius 1 is 1.27 bits per heavy atom. The van der Waals surface area contributed by atoms with Crippen molar-refractivity contribution in [3.63, 3.8) is 0 Å². The summed E-state index contributed by atoms with van der Waals surface area (Å²) < 4.78 is 0. The monoisotopic (exact) mass is 200 g/mol. The fraction of sp³-hybridized carbons (Fsp3) is 0.462. The molecule has 0 aromatic heterocycles. The van der Waals surface area contributed by atoms with Gasteiger partial charge in [0.2, 0.25) is 0 Å². The predicted octanol–water partition coefficient (Wildman–Crippen LogP) is 2.48. The lowest BCUT2D eigenvalue weighted by Gasteiger charge is -2.17. The SMILES string of the molecule is CN(C#N)Cc1ccc2c(c1)CCCC2. The highest BCUT2D eigenvalue weighted by Crippen LogP contribution is 2.22. The zero-order valence-electron chi connectivity index (χ0n) is 9.16. The number of rotatable bonds is 2. The largest absolute Gasteiger partial charge is 0.309 e. The molecule has 0 unspecified atom stereocenters. The van der Waals surface area contributed by atoms with Gasteiger partial charge >= 0.3 is 0 Å². The average molecular weight is 200 g/mol. The first-order valence-electron chi connectivity index (χ1n) is 5.51. The zero-order valence-corrected chi connectivity index (χ0v) is 9.16. The van der Waals surface area contributed by atoms with Crippen molar-refractivity contribution in [1.82, 2.24) is 4.90 Å². The molecule has 0 amide bonds. The number of hydrogen-bond acceptors (Lipinski definition) is 2. The summed E-state index contributed by atoms with van der Waals surface area (Å²) >= 11 is 0. The van der Waals surface area contributed by atoms with Crippen molar-refractivity contribution in [2.45, 2.75) is 32.2 Å². The number of hydrogen-bond donors (Lipinski definition) is 0. The van der Waals surface area contributed by atoms with Gasteiger partial charge in [-0.25, -0.2) is 0 Å². The Bertz CT molecular complexity index is 390. The lowest BCUT2D eigenvalue weighted by Crippen LogP contribution is -2.11. The maximum Gasteiger partial charge on any atom is 0.179 e. The lowest BCUT2D eigenvalue weighted by atomic mass is 9.90. The molecule has 2 nitrogen and oxygen atoms in total. The van der Waals surface area contributed by atoms with Gasteiger partial charge in [0.1, 0.15) is 0 Å². The third-order valence-electron chi connectivity index (χ3n) is 3.00. The van der Waals surface area contributed by atoms with Crippen molar-refractivity contribution >= 4 is 0 Å². The van der Waals surface area contributed by atoms with Gasteiger partial charge in [0.25, 0.3) is 0 Å². The molecule has 1 aromatic rings. The molecular formula is C13H16N2. The molecule has 1 aliphatic carbocycles. The van der Waals surface area contributed by atoms with E-state index in [-0.39, 0.29) is 0 Å². The third-order valence-corrected chi connectivity index (χ3v) is 3.00. The topological polar surface area (TPSA) is 27.0 Å². The quantitative estimate of drug-likeness (QED) is 0.541. The molecule has 0 heterocycles. The second-order valence-corrected chi connectivity index (χ2v) is 4.27. The van der Waals surface area contributed by atoms with E-state index in [1.807, 2.05) is 7.05 Å². The first-order valence-corrected chi connectivity index (χ1v) is 5.51. The van der Waals surface area contributed by atoms with Gasteiger partial charge in [-0.2, -0.15) is 5.26 Å². The van der Waals surface area contributed by atoms with Crippen molar-refractivity contribution in [2.75, 3.05) is 7.05 Å². The minimum Gasteiger partial charge on any atom is -0.309 e. The smallest absolute Gasteiger partial charge is 0.179 e. The molecule has 0 saturated heterocycles. The summed E-state index contributed by atoms with van der Waals surface area (Å²) in [6.07, 6.45) is 7.19. The van der Waals surface area contributed by atoms with Crippen LogP contribution in [0.4, 0.5) is 0 Å². The number of fused-ring (bicyclic) bond motifs is 1. The first kappa shape index (κ1) is 10.0.